The number of hydrogen-bond acceptors (Lipinski definition) is 3. The zero-order valence-electron chi connectivity index (χ0n) is 22.9. The predicted octanol–water partition coefficient (Wildman–Crippen LogP) is 7.51. The predicted molar refractivity (Wildman–Crippen MR) is 155 cm³/mol. The van der Waals surface area contributed by atoms with Crippen molar-refractivity contribution in [2.45, 2.75) is 51.0 Å². The summed E-state index contributed by atoms with van der Waals surface area (Å²) in [5.41, 5.74) is 2.81. The average molecular weight is 554 g/mol. The van der Waals surface area contributed by atoms with Gasteiger partial charge in [-0.3, -0.25) is 0 Å². The Morgan fingerprint density at radius 2 is 1.69 bits per heavy atom. The quantitative estimate of drug-likeness (QED) is 0.257. The summed E-state index contributed by atoms with van der Waals surface area (Å²) in [6.45, 7) is 4.68. The fourth-order valence-electron chi connectivity index (χ4n) is 6.85. The van der Waals surface area contributed by atoms with Crippen LogP contribution in [0.1, 0.15) is 51.0 Å². The number of hydrogen-bond donors (Lipinski definition) is 1. The number of halogens is 3. The molecule has 39 heavy (non-hydrogen) atoms. The van der Waals surface area contributed by atoms with Crippen LogP contribution in [0, 0.1) is 23.5 Å². The van der Waals surface area contributed by atoms with E-state index in [0.29, 0.717) is 33.8 Å². The number of benzene rings is 2. The highest BCUT2D eigenvalue weighted by Crippen LogP contribution is 2.41. The Labute approximate surface area is 234 Å². The third-order valence-corrected chi connectivity index (χ3v) is 9.49. The highest BCUT2D eigenvalue weighted by Gasteiger charge is 2.29. The largest absolute Gasteiger partial charge is 0.343 e. The van der Waals surface area contributed by atoms with E-state index in [1.165, 1.54) is 51.6 Å². The van der Waals surface area contributed by atoms with Gasteiger partial charge in [-0.25, -0.2) is 13.8 Å². The molecular formula is C31H38ClF2N5. The normalized spacial score (nSPS) is 19.4. The van der Waals surface area contributed by atoms with Crippen molar-refractivity contribution in [3.8, 4) is 11.4 Å². The number of rotatable bonds is 7. The smallest absolute Gasteiger partial charge is 0.161 e. The summed E-state index contributed by atoms with van der Waals surface area (Å²) in [5, 5.41) is 1.62. The topological polar surface area (TPSA) is 40.1 Å². The molecule has 1 N–H and O–H groups in total. The standard InChI is InChI=1S/C31H38ClF2N5/c1-37-13-9-20(10-14-37)5-3-7-28(21-11-15-38(2)16-12-21)39-19-23(32)30-22(6-4-8-29(30)39)31-35-26-17-24(33)25(34)18-27(26)36-31/h4,6,8,17-21,28H,3,5,7,9-16H2,1-2H3,(H,35,36). The number of imidazole rings is 1. The van der Waals surface area contributed by atoms with Crippen molar-refractivity contribution in [1.29, 1.82) is 0 Å². The lowest BCUT2D eigenvalue weighted by Crippen LogP contribution is -2.34. The first-order valence-electron chi connectivity index (χ1n) is 14.4. The van der Waals surface area contributed by atoms with Gasteiger partial charge >= 0.3 is 0 Å². The van der Waals surface area contributed by atoms with Gasteiger partial charge in [0.25, 0.3) is 0 Å². The number of H-pyrrole nitrogens is 1. The van der Waals surface area contributed by atoms with Crippen LogP contribution in [0.4, 0.5) is 8.78 Å². The molecular weight excluding hydrogens is 516 g/mol. The fraction of sp³-hybridized carbons (Fsp3) is 0.516. The highest BCUT2D eigenvalue weighted by atomic mass is 35.5. The van der Waals surface area contributed by atoms with E-state index in [0.717, 1.165) is 54.0 Å². The number of likely N-dealkylation sites (tertiary alicyclic amines) is 2. The lowest BCUT2D eigenvalue weighted by Gasteiger charge is -2.36. The number of aromatic nitrogens is 3. The van der Waals surface area contributed by atoms with Gasteiger partial charge in [-0.05, 0) is 90.3 Å². The molecule has 2 aliphatic rings. The molecule has 0 amide bonds. The lowest BCUT2D eigenvalue weighted by molar-refractivity contribution is 0.162. The van der Waals surface area contributed by atoms with Crippen molar-refractivity contribution >= 4 is 33.5 Å². The fourth-order valence-corrected chi connectivity index (χ4v) is 7.15. The molecule has 1 atom stereocenters. The minimum absolute atomic E-state index is 0.383. The van der Waals surface area contributed by atoms with E-state index < -0.39 is 11.6 Å². The SMILES string of the molecule is CN1CCC(CCCC(C2CCN(C)CC2)n2cc(Cl)c3c(-c4nc5cc(F)c(F)cc5[nH]4)cccc32)CC1. The molecule has 0 spiro atoms. The highest BCUT2D eigenvalue weighted by molar-refractivity contribution is 6.36. The summed E-state index contributed by atoms with van der Waals surface area (Å²) >= 11 is 6.96. The zero-order valence-corrected chi connectivity index (χ0v) is 23.7. The summed E-state index contributed by atoms with van der Waals surface area (Å²) < 4.78 is 30.1. The molecule has 208 valence electrons. The maximum absolute atomic E-state index is 13.9. The van der Waals surface area contributed by atoms with Crippen LogP contribution in [-0.2, 0) is 0 Å². The Balaban J connectivity index is 1.33. The molecule has 1 unspecified atom stereocenters. The molecule has 4 aromatic rings. The Hall–Kier alpha value is -2.48. The molecule has 2 aromatic heterocycles. The van der Waals surface area contributed by atoms with Crippen LogP contribution in [0.15, 0.2) is 36.5 Å². The lowest BCUT2D eigenvalue weighted by atomic mass is 9.84. The second kappa shape index (κ2) is 11.2. The first-order chi connectivity index (χ1) is 18.9. The number of aromatic amines is 1. The zero-order chi connectivity index (χ0) is 27.1. The first kappa shape index (κ1) is 26.7. The molecule has 2 aliphatic heterocycles. The van der Waals surface area contributed by atoms with Crippen molar-refractivity contribution in [3.63, 3.8) is 0 Å². The van der Waals surface area contributed by atoms with Gasteiger partial charge < -0.3 is 19.4 Å². The Kier molecular flexibility index (Phi) is 7.66. The molecule has 2 saturated heterocycles. The van der Waals surface area contributed by atoms with Crippen molar-refractivity contribution in [2.24, 2.45) is 11.8 Å². The molecule has 0 bridgehead atoms. The van der Waals surface area contributed by atoms with Crippen LogP contribution in [0.25, 0.3) is 33.3 Å². The van der Waals surface area contributed by atoms with Crippen molar-refractivity contribution in [2.75, 3.05) is 40.3 Å². The summed E-state index contributed by atoms with van der Waals surface area (Å²) in [5.74, 6) is 0.216. The van der Waals surface area contributed by atoms with E-state index in [-0.39, 0.29) is 0 Å². The molecule has 2 fully saturated rings. The van der Waals surface area contributed by atoms with Crippen molar-refractivity contribution < 1.29 is 8.78 Å². The Morgan fingerprint density at radius 1 is 1.00 bits per heavy atom. The number of piperidine rings is 2. The van der Waals surface area contributed by atoms with E-state index in [9.17, 15) is 8.78 Å². The van der Waals surface area contributed by atoms with Crippen molar-refractivity contribution in [1.82, 2.24) is 24.3 Å². The van der Waals surface area contributed by atoms with Gasteiger partial charge in [0.1, 0.15) is 5.82 Å². The van der Waals surface area contributed by atoms with Crippen LogP contribution in [-0.4, -0.2) is 64.6 Å². The first-order valence-corrected chi connectivity index (χ1v) is 14.8. The molecule has 6 rings (SSSR count). The summed E-state index contributed by atoms with van der Waals surface area (Å²) in [7, 11) is 4.44. The molecule has 0 aliphatic carbocycles. The van der Waals surface area contributed by atoms with E-state index in [4.69, 9.17) is 11.6 Å². The molecule has 8 heteroatoms. The van der Waals surface area contributed by atoms with Gasteiger partial charge in [0.15, 0.2) is 11.6 Å². The van der Waals surface area contributed by atoms with Gasteiger partial charge in [0, 0.05) is 35.3 Å². The third kappa shape index (κ3) is 5.46. The average Bonchev–Trinajstić information content (AvgIpc) is 3.49. The molecule has 5 nitrogen and oxygen atoms in total. The van der Waals surface area contributed by atoms with Crippen LogP contribution >= 0.6 is 11.6 Å². The van der Waals surface area contributed by atoms with Gasteiger partial charge in [-0.15, -0.1) is 0 Å². The van der Waals surface area contributed by atoms with Crippen molar-refractivity contribution in [3.05, 3.63) is 53.2 Å². The number of nitrogens with one attached hydrogen (secondary N) is 1. The van der Waals surface area contributed by atoms with Gasteiger partial charge in [-0.2, -0.15) is 0 Å². The second-order valence-electron chi connectivity index (χ2n) is 11.8. The maximum Gasteiger partial charge on any atom is 0.161 e. The van der Waals surface area contributed by atoms with Gasteiger partial charge in [0.2, 0.25) is 0 Å². The number of fused-ring (bicyclic) bond motifs is 2. The Bertz CT molecular complexity index is 1410. The monoisotopic (exact) mass is 553 g/mol. The second-order valence-corrected chi connectivity index (χ2v) is 12.2. The summed E-state index contributed by atoms with van der Waals surface area (Å²) in [6, 6.07) is 8.84. The van der Waals surface area contributed by atoms with Crippen LogP contribution in [0.2, 0.25) is 5.02 Å². The van der Waals surface area contributed by atoms with Crippen LogP contribution < -0.4 is 0 Å². The summed E-state index contributed by atoms with van der Waals surface area (Å²) in [4.78, 5) is 12.7. The molecule has 2 aromatic carbocycles. The summed E-state index contributed by atoms with van der Waals surface area (Å²) in [6.07, 6.45) is 10.8. The van der Waals surface area contributed by atoms with E-state index in [1.807, 2.05) is 12.1 Å². The minimum atomic E-state index is -0.899. The molecule has 0 saturated carbocycles. The molecule has 0 radical (unpaired) electrons. The van der Waals surface area contributed by atoms with Crippen LogP contribution in [0.5, 0.6) is 0 Å². The van der Waals surface area contributed by atoms with E-state index in [1.54, 1.807) is 0 Å². The minimum Gasteiger partial charge on any atom is -0.343 e. The number of nitrogens with zero attached hydrogens (tertiary/aromatic N) is 4. The van der Waals surface area contributed by atoms with Gasteiger partial charge in [0.05, 0.1) is 21.6 Å². The molecule has 4 heterocycles. The van der Waals surface area contributed by atoms with E-state index >= 15 is 0 Å². The third-order valence-electron chi connectivity index (χ3n) is 9.21. The van der Waals surface area contributed by atoms with Crippen LogP contribution in [0.3, 0.4) is 0 Å². The van der Waals surface area contributed by atoms with E-state index in [2.05, 4.69) is 50.7 Å². The Morgan fingerprint density at radius 3 is 2.44 bits per heavy atom. The maximum atomic E-state index is 13.9. The van der Waals surface area contributed by atoms with Gasteiger partial charge in [-0.1, -0.05) is 36.6 Å².